The zero-order chi connectivity index (χ0) is 18.2. The standard InChI is InChI=1S/C22H14N3S.Ga/c1-3-9-15(10-4-1)20-19(21-23-17-13-7-8-14-18(17)24-21)25-22(26-20)16-11-5-2-6-12-16;/h1-14H;/q-1;+1. The van der Waals surface area contributed by atoms with Crippen LogP contribution in [-0.2, 0) is 0 Å². The van der Waals surface area contributed by atoms with Gasteiger partial charge in [0, 0.05) is 0 Å². The first-order valence-electron chi connectivity index (χ1n) is 8.66. The molecule has 5 rings (SSSR count). The summed E-state index contributed by atoms with van der Waals surface area (Å²) in [5.74, 6) is 0.925. The second kappa shape index (κ2) is 6.85. The molecule has 27 heavy (non-hydrogen) atoms. The van der Waals surface area contributed by atoms with Crippen molar-refractivity contribution in [2.45, 2.75) is 0 Å². The van der Waals surface area contributed by atoms with Gasteiger partial charge >= 0.3 is 172 Å². The first-order chi connectivity index (χ1) is 13.3. The van der Waals surface area contributed by atoms with Gasteiger partial charge in [-0.05, 0) is 0 Å². The molecule has 0 bridgehead atoms. The fourth-order valence-corrected chi connectivity index (χ4v) is 5.08. The predicted octanol–water partition coefficient (Wildman–Crippen LogP) is 5.43. The van der Waals surface area contributed by atoms with Crippen LogP contribution in [0.2, 0.25) is 0 Å². The van der Waals surface area contributed by atoms with E-state index in [1.807, 2.05) is 18.2 Å². The molecule has 0 aliphatic heterocycles. The van der Waals surface area contributed by atoms with Gasteiger partial charge in [-0.15, -0.1) is 0 Å². The van der Waals surface area contributed by atoms with Crippen molar-refractivity contribution in [3.63, 3.8) is 0 Å². The van der Waals surface area contributed by atoms with Crippen LogP contribution in [0.1, 0.15) is 0 Å². The van der Waals surface area contributed by atoms with Crippen molar-refractivity contribution in [3.8, 4) is 32.5 Å². The monoisotopic (exact) mass is 421 g/mol. The molecule has 5 heteroatoms. The van der Waals surface area contributed by atoms with Gasteiger partial charge in [0.15, 0.2) is 0 Å². The van der Waals surface area contributed by atoms with Gasteiger partial charge < -0.3 is 0 Å². The Bertz CT molecular complexity index is 1230. The van der Waals surface area contributed by atoms with E-state index in [1.165, 1.54) is 24.4 Å². The molecule has 3 nitrogen and oxygen atoms in total. The third-order valence-electron chi connectivity index (χ3n) is 4.49. The molecule has 2 heterocycles. The number of hydrogen-bond donors (Lipinski definition) is 0. The summed E-state index contributed by atoms with van der Waals surface area (Å²) in [6.45, 7) is 0. The second-order valence-electron chi connectivity index (χ2n) is 6.22. The van der Waals surface area contributed by atoms with E-state index in [-0.39, 0.29) is 0 Å². The van der Waals surface area contributed by atoms with E-state index in [1.54, 1.807) is 11.3 Å². The molecule has 0 aliphatic rings. The molecular weight excluding hydrogens is 408 g/mol. The number of nitrogens with zero attached hydrogens (tertiary/aromatic N) is 3. The van der Waals surface area contributed by atoms with E-state index in [9.17, 15) is 0 Å². The minimum absolute atomic E-state index is 0.925. The maximum atomic E-state index is 5.03. The summed E-state index contributed by atoms with van der Waals surface area (Å²) in [5, 5.41) is 1.02. The van der Waals surface area contributed by atoms with Crippen LogP contribution in [0, 0.1) is 0 Å². The van der Waals surface area contributed by atoms with Crippen molar-refractivity contribution in [2.24, 2.45) is 0 Å². The molecular formula is C22H14GaN3S. The molecule has 0 unspecified atom stereocenters. The summed E-state index contributed by atoms with van der Waals surface area (Å²) in [7, 11) is 0. The average molecular weight is 422 g/mol. The molecule has 2 radical (unpaired) electrons. The summed E-state index contributed by atoms with van der Waals surface area (Å²) in [4.78, 5) is 11.1. The first-order valence-corrected chi connectivity index (χ1v) is 10.6. The third kappa shape index (κ3) is 2.94. The van der Waals surface area contributed by atoms with Crippen LogP contribution >= 0.6 is 11.3 Å². The van der Waals surface area contributed by atoms with E-state index in [0.717, 1.165) is 38.0 Å². The number of benzene rings is 3. The Labute approximate surface area is 171 Å². The topological polar surface area (TPSA) is 30.7 Å². The van der Waals surface area contributed by atoms with Crippen LogP contribution in [0.15, 0.2) is 84.9 Å². The van der Waals surface area contributed by atoms with Gasteiger partial charge in [0.25, 0.3) is 0 Å². The number of aromatic nitrogens is 3. The van der Waals surface area contributed by atoms with Gasteiger partial charge in [-0.25, -0.2) is 0 Å². The molecule has 0 saturated carbocycles. The summed E-state index contributed by atoms with van der Waals surface area (Å²) in [6.07, 6.45) is 0. The van der Waals surface area contributed by atoms with E-state index < -0.39 is 0 Å². The quantitative estimate of drug-likeness (QED) is 0.364. The molecule has 5 aromatic rings. The van der Waals surface area contributed by atoms with Crippen molar-refractivity contribution in [1.82, 2.24) is 13.2 Å². The average Bonchev–Trinajstić information content (AvgIpc) is 3.31. The van der Waals surface area contributed by atoms with Gasteiger partial charge in [0.2, 0.25) is 0 Å². The Morgan fingerprint density at radius 2 is 1.33 bits per heavy atom. The van der Waals surface area contributed by atoms with Crippen LogP contribution in [0.4, 0.5) is 0 Å². The van der Waals surface area contributed by atoms with E-state index in [0.29, 0.717) is 0 Å². The Balaban J connectivity index is 1.77. The van der Waals surface area contributed by atoms with Gasteiger partial charge in [0.1, 0.15) is 0 Å². The molecule has 2 aromatic heterocycles. The predicted molar refractivity (Wildman–Crippen MR) is 113 cm³/mol. The Hall–Kier alpha value is -2.60. The summed E-state index contributed by atoms with van der Waals surface area (Å²) < 4.78 is 2.19. The van der Waals surface area contributed by atoms with Gasteiger partial charge in [-0.2, -0.15) is 0 Å². The molecule has 0 aliphatic carbocycles. The normalized spacial score (nSPS) is 11.1. The Morgan fingerprint density at radius 3 is 2.04 bits per heavy atom. The summed E-state index contributed by atoms with van der Waals surface area (Å²) in [5.41, 5.74) is 5.40. The van der Waals surface area contributed by atoms with Crippen LogP contribution in [0.25, 0.3) is 43.6 Å². The van der Waals surface area contributed by atoms with Gasteiger partial charge in [-0.1, -0.05) is 0 Å². The molecule has 3 aromatic carbocycles. The van der Waals surface area contributed by atoms with Crippen LogP contribution < -0.4 is 0 Å². The molecule has 126 valence electrons. The van der Waals surface area contributed by atoms with Crippen molar-refractivity contribution < 1.29 is 0 Å². The molecule has 0 N–H and O–H groups in total. The molecule has 0 fully saturated rings. The molecule has 0 spiro atoms. The van der Waals surface area contributed by atoms with Crippen molar-refractivity contribution >= 4 is 41.2 Å². The van der Waals surface area contributed by atoms with Crippen molar-refractivity contribution in [3.05, 3.63) is 84.9 Å². The third-order valence-corrected chi connectivity index (χ3v) is 6.74. The fraction of sp³-hybridized carbons (Fsp3) is 0. The Kier molecular flexibility index (Phi) is 4.20. The zero-order valence-electron chi connectivity index (χ0n) is 14.4. The number of rotatable bonds is 3. The van der Waals surface area contributed by atoms with E-state index in [2.05, 4.69) is 70.0 Å². The van der Waals surface area contributed by atoms with Crippen LogP contribution in [-0.4, -0.2) is 32.1 Å². The van der Waals surface area contributed by atoms with Crippen LogP contribution in [0.3, 0.4) is 0 Å². The minimum atomic E-state index is 0.925. The second-order valence-corrected chi connectivity index (χ2v) is 8.31. The SMILES string of the molecule is [Ga][n]1c(-c2nc(-c3ccccc3)sc2-c2ccccc2)nc2ccccc21. The molecule has 0 saturated heterocycles. The Morgan fingerprint density at radius 1 is 0.704 bits per heavy atom. The molecule has 0 amide bonds. The van der Waals surface area contributed by atoms with Crippen molar-refractivity contribution in [2.75, 3.05) is 0 Å². The summed E-state index contributed by atoms with van der Waals surface area (Å²) >= 11 is 3.24. The maximum absolute atomic E-state index is 5.03. The van der Waals surface area contributed by atoms with Gasteiger partial charge in [0.05, 0.1) is 0 Å². The number of fused-ring (bicyclic) bond motifs is 1. The molecule has 0 atom stereocenters. The van der Waals surface area contributed by atoms with E-state index >= 15 is 0 Å². The van der Waals surface area contributed by atoms with Crippen molar-refractivity contribution in [1.29, 1.82) is 0 Å². The number of thiazole rings is 1. The first kappa shape index (κ1) is 16.6. The number of imidazole rings is 1. The van der Waals surface area contributed by atoms with Gasteiger partial charge in [-0.3, -0.25) is 0 Å². The number of hydrogen-bond acceptors (Lipinski definition) is 3. The zero-order valence-corrected chi connectivity index (χ0v) is 17.6. The number of para-hydroxylation sites is 2. The van der Waals surface area contributed by atoms with Crippen LogP contribution in [0.5, 0.6) is 0 Å². The fourth-order valence-electron chi connectivity index (χ4n) is 3.17. The van der Waals surface area contributed by atoms with E-state index in [4.69, 9.17) is 9.97 Å². The summed E-state index contributed by atoms with van der Waals surface area (Å²) in [6, 6.07) is 29.1.